The molecule has 0 bridgehead atoms. The standard InChI is InChI=1S/C10H9NO2/c1-7-2-3-8(9(12)6-7)10-11-4-5-13-10/h2-6,12H,1H3. The van der Waals surface area contributed by atoms with Crippen molar-refractivity contribution in [2.75, 3.05) is 0 Å². The van der Waals surface area contributed by atoms with E-state index in [2.05, 4.69) is 4.98 Å². The highest BCUT2D eigenvalue weighted by Crippen LogP contribution is 2.28. The molecular weight excluding hydrogens is 166 g/mol. The van der Waals surface area contributed by atoms with E-state index in [9.17, 15) is 5.11 Å². The van der Waals surface area contributed by atoms with E-state index < -0.39 is 0 Å². The van der Waals surface area contributed by atoms with Crippen LogP contribution in [0.3, 0.4) is 0 Å². The van der Waals surface area contributed by atoms with Crippen molar-refractivity contribution in [3.63, 3.8) is 0 Å². The quantitative estimate of drug-likeness (QED) is 0.723. The monoisotopic (exact) mass is 175 g/mol. The average Bonchev–Trinajstić information content (AvgIpc) is 2.56. The number of hydrogen-bond donors (Lipinski definition) is 1. The molecule has 3 heteroatoms. The van der Waals surface area contributed by atoms with Gasteiger partial charge in [-0.1, -0.05) is 6.07 Å². The fourth-order valence-electron chi connectivity index (χ4n) is 1.18. The Labute approximate surface area is 75.7 Å². The summed E-state index contributed by atoms with van der Waals surface area (Å²) in [6, 6.07) is 5.37. The Bertz CT molecular complexity index is 407. The van der Waals surface area contributed by atoms with E-state index in [1.54, 1.807) is 18.3 Å². The highest BCUT2D eigenvalue weighted by atomic mass is 16.3. The number of aromatic hydroxyl groups is 1. The van der Waals surface area contributed by atoms with E-state index in [1.165, 1.54) is 6.26 Å². The second-order valence-electron chi connectivity index (χ2n) is 2.86. The summed E-state index contributed by atoms with van der Waals surface area (Å²) in [7, 11) is 0. The molecule has 1 N–H and O–H groups in total. The first kappa shape index (κ1) is 7.86. The van der Waals surface area contributed by atoms with Crippen LogP contribution in [-0.4, -0.2) is 10.1 Å². The molecule has 13 heavy (non-hydrogen) atoms. The summed E-state index contributed by atoms with van der Waals surface area (Å²) >= 11 is 0. The largest absolute Gasteiger partial charge is 0.507 e. The van der Waals surface area contributed by atoms with Crippen LogP contribution in [0.1, 0.15) is 5.56 Å². The zero-order valence-electron chi connectivity index (χ0n) is 7.19. The van der Waals surface area contributed by atoms with E-state index in [4.69, 9.17) is 4.42 Å². The number of rotatable bonds is 1. The minimum absolute atomic E-state index is 0.197. The second kappa shape index (κ2) is 2.94. The number of aromatic nitrogens is 1. The number of phenolic OH excluding ortho intramolecular Hbond substituents is 1. The van der Waals surface area contributed by atoms with Gasteiger partial charge in [0.1, 0.15) is 12.0 Å². The first-order valence-electron chi connectivity index (χ1n) is 3.97. The van der Waals surface area contributed by atoms with Crippen LogP contribution in [0.5, 0.6) is 5.75 Å². The molecule has 0 atom stereocenters. The predicted molar refractivity (Wildman–Crippen MR) is 48.3 cm³/mol. The molecular formula is C10H9NO2. The third-order valence-electron chi connectivity index (χ3n) is 1.82. The summed E-state index contributed by atoms with van der Waals surface area (Å²) in [5.41, 5.74) is 1.63. The molecule has 3 nitrogen and oxygen atoms in total. The molecule has 2 aromatic rings. The lowest BCUT2D eigenvalue weighted by Crippen LogP contribution is -1.79. The topological polar surface area (TPSA) is 46.3 Å². The van der Waals surface area contributed by atoms with E-state index in [-0.39, 0.29) is 5.75 Å². The maximum Gasteiger partial charge on any atom is 0.229 e. The van der Waals surface area contributed by atoms with Gasteiger partial charge in [0.2, 0.25) is 5.89 Å². The lowest BCUT2D eigenvalue weighted by molar-refractivity contribution is 0.472. The number of oxazole rings is 1. The van der Waals surface area contributed by atoms with Gasteiger partial charge in [0.05, 0.1) is 11.8 Å². The third kappa shape index (κ3) is 1.40. The van der Waals surface area contributed by atoms with Gasteiger partial charge in [-0.15, -0.1) is 0 Å². The molecule has 1 heterocycles. The van der Waals surface area contributed by atoms with Crippen LogP contribution >= 0.6 is 0 Å². The summed E-state index contributed by atoms with van der Waals surface area (Å²) in [5.74, 6) is 0.639. The van der Waals surface area contributed by atoms with Crippen molar-refractivity contribution in [3.05, 3.63) is 36.2 Å². The molecule has 0 amide bonds. The third-order valence-corrected chi connectivity index (χ3v) is 1.82. The van der Waals surface area contributed by atoms with Crippen molar-refractivity contribution in [1.29, 1.82) is 0 Å². The molecule has 0 aliphatic carbocycles. The molecule has 2 rings (SSSR count). The number of nitrogens with zero attached hydrogens (tertiary/aromatic N) is 1. The Hall–Kier alpha value is -1.77. The zero-order chi connectivity index (χ0) is 9.26. The van der Waals surface area contributed by atoms with E-state index >= 15 is 0 Å². The van der Waals surface area contributed by atoms with Crippen LogP contribution in [0.2, 0.25) is 0 Å². The number of phenols is 1. The van der Waals surface area contributed by atoms with Gasteiger partial charge in [-0.2, -0.15) is 0 Å². The molecule has 0 unspecified atom stereocenters. The Morgan fingerprint density at radius 3 is 2.85 bits per heavy atom. The Balaban J connectivity index is 2.53. The Kier molecular flexibility index (Phi) is 1.77. The van der Waals surface area contributed by atoms with Gasteiger partial charge in [-0.05, 0) is 24.6 Å². The minimum atomic E-state index is 0.197. The fourth-order valence-corrected chi connectivity index (χ4v) is 1.18. The SMILES string of the molecule is Cc1ccc(-c2ncco2)c(O)c1. The average molecular weight is 175 g/mol. The molecule has 0 radical (unpaired) electrons. The van der Waals surface area contributed by atoms with Gasteiger partial charge >= 0.3 is 0 Å². The number of aryl methyl sites for hydroxylation is 1. The highest BCUT2D eigenvalue weighted by molar-refractivity contribution is 5.62. The smallest absolute Gasteiger partial charge is 0.229 e. The van der Waals surface area contributed by atoms with E-state index in [0.29, 0.717) is 11.5 Å². The zero-order valence-corrected chi connectivity index (χ0v) is 7.19. The van der Waals surface area contributed by atoms with Gasteiger partial charge in [0, 0.05) is 0 Å². The minimum Gasteiger partial charge on any atom is -0.507 e. The maximum atomic E-state index is 9.56. The Morgan fingerprint density at radius 1 is 1.38 bits per heavy atom. The molecule has 1 aromatic heterocycles. The maximum absolute atomic E-state index is 9.56. The van der Waals surface area contributed by atoms with Crippen molar-refractivity contribution in [1.82, 2.24) is 4.98 Å². The van der Waals surface area contributed by atoms with Gasteiger partial charge in [0.25, 0.3) is 0 Å². The molecule has 66 valence electrons. The second-order valence-corrected chi connectivity index (χ2v) is 2.86. The van der Waals surface area contributed by atoms with Crippen LogP contribution < -0.4 is 0 Å². The van der Waals surface area contributed by atoms with E-state index in [0.717, 1.165) is 5.56 Å². The molecule has 0 fully saturated rings. The lowest BCUT2D eigenvalue weighted by atomic mass is 10.1. The van der Waals surface area contributed by atoms with Crippen molar-refractivity contribution in [2.24, 2.45) is 0 Å². The van der Waals surface area contributed by atoms with Gasteiger partial charge in [-0.3, -0.25) is 0 Å². The summed E-state index contributed by atoms with van der Waals surface area (Å²) in [5, 5.41) is 9.56. The molecule has 1 aromatic carbocycles. The Morgan fingerprint density at radius 2 is 2.23 bits per heavy atom. The van der Waals surface area contributed by atoms with Gasteiger partial charge in [0.15, 0.2) is 0 Å². The lowest BCUT2D eigenvalue weighted by Gasteiger charge is -2.00. The fraction of sp³-hybridized carbons (Fsp3) is 0.100. The predicted octanol–water partition coefficient (Wildman–Crippen LogP) is 2.36. The van der Waals surface area contributed by atoms with Crippen LogP contribution in [0.25, 0.3) is 11.5 Å². The van der Waals surface area contributed by atoms with Crippen LogP contribution in [0.15, 0.2) is 35.1 Å². The molecule has 0 saturated heterocycles. The van der Waals surface area contributed by atoms with Crippen molar-refractivity contribution < 1.29 is 9.52 Å². The molecule has 0 spiro atoms. The van der Waals surface area contributed by atoms with Crippen molar-refractivity contribution >= 4 is 0 Å². The molecule has 0 saturated carbocycles. The van der Waals surface area contributed by atoms with Crippen LogP contribution in [0, 0.1) is 6.92 Å². The highest BCUT2D eigenvalue weighted by Gasteiger charge is 2.07. The number of benzene rings is 1. The first-order chi connectivity index (χ1) is 6.27. The first-order valence-corrected chi connectivity index (χ1v) is 3.97. The summed E-state index contributed by atoms with van der Waals surface area (Å²) < 4.78 is 5.07. The van der Waals surface area contributed by atoms with Gasteiger partial charge < -0.3 is 9.52 Å². The van der Waals surface area contributed by atoms with Gasteiger partial charge in [-0.25, -0.2) is 4.98 Å². The summed E-state index contributed by atoms with van der Waals surface area (Å²) in [6.07, 6.45) is 3.03. The van der Waals surface area contributed by atoms with Crippen LogP contribution in [0.4, 0.5) is 0 Å². The normalized spacial score (nSPS) is 10.2. The molecule has 0 aliphatic rings. The van der Waals surface area contributed by atoms with E-state index in [1.807, 2.05) is 13.0 Å². The summed E-state index contributed by atoms with van der Waals surface area (Å²) in [6.45, 7) is 1.92. The molecule has 0 aliphatic heterocycles. The van der Waals surface area contributed by atoms with Crippen LogP contribution in [-0.2, 0) is 0 Å². The summed E-state index contributed by atoms with van der Waals surface area (Å²) in [4.78, 5) is 3.95. The van der Waals surface area contributed by atoms with Crippen molar-refractivity contribution in [2.45, 2.75) is 6.92 Å². The number of hydrogen-bond acceptors (Lipinski definition) is 3. The van der Waals surface area contributed by atoms with Crippen molar-refractivity contribution in [3.8, 4) is 17.2 Å².